The lowest BCUT2D eigenvalue weighted by Crippen LogP contribution is -2.15. The van der Waals surface area contributed by atoms with Gasteiger partial charge in [0.25, 0.3) is 0 Å². The van der Waals surface area contributed by atoms with Crippen LogP contribution in [0, 0.1) is 0 Å². The highest BCUT2D eigenvalue weighted by Gasteiger charge is 2.05. The third kappa shape index (κ3) is 2.58. The molecule has 0 aliphatic carbocycles. The molecule has 14 heavy (non-hydrogen) atoms. The number of aromatic nitrogens is 3. The molecule has 1 aromatic rings. The number of nitrogen functional groups attached to an aromatic ring is 1. The van der Waals surface area contributed by atoms with Crippen LogP contribution in [0.15, 0.2) is 12.7 Å². The maximum absolute atomic E-state index is 5.47. The van der Waals surface area contributed by atoms with Crippen molar-refractivity contribution in [3.63, 3.8) is 0 Å². The Labute approximate surface area is 82.4 Å². The van der Waals surface area contributed by atoms with Crippen molar-refractivity contribution < 1.29 is 4.74 Å². The summed E-state index contributed by atoms with van der Waals surface area (Å²) in [7, 11) is 3.62. The number of nitrogens with two attached hydrogens (primary N) is 1. The molecule has 0 radical (unpaired) electrons. The van der Waals surface area contributed by atoms with Crippen LogP contribution in [0.25, 0.3) is 0 Å². The summed E-state index contributed by atoms with van der Waals surface area (Å²) in [5.74, 6) is 0.610. The summed E-state index contributed by atoms with van der Waals surface area (Å²) >= 11 is 0. The summed E-state index contributed by atoms with van der Waals surface area (Å²) in [6, 6.07) is 0.209. The minimum atomic E-state index is 0.141. The molecule has 2 N–H and O–H groups in total. The first-order valence-electron chi connectivity index (χ1n) is 4.06. The van der Waals surface area contributed by atoms with E-state index in [0.29, 0.717) is 12.6 Å². The second-order valence-electron chi connectivity index (χ2n) is 2.77. The van der Waals surface area contributed by atoms with Gasteiger partial charge in [-0.3, -0.25) is 0 Å². The second-order valence-corrected chi connectivity index (χ2v) is 2.77. The fourth-order valence-corrected chi connectivity index (χ4v) is 0.759. The summed E-state index contributed by atoms with van der Waals surface area (Å²) in [4.78, 5) is 13.5. The molecule has 0 aliphatic heterocycles. The van der Waals surface area contributed by atoms with Crippen molar-refractivity contribution in [3.8, 4) is 6.01 Å². The lowest BCUT2D eigenvalue weighted by molar-refractivity contribution is 0.333. The maximum Gasteiger partial charge on any atom is 0.323 e. The van der Waals surface area contributed by atoms with Gasteiger partial charge in [0, 0.05) is 14.1 Å². The number of nitrogens with zero attached hydrogens (tertiary/aromatic N) is 4. The predicted molar refractivity (Wildman–Crippen MR) is 54.3 cm³/mol. The molecular formula is C8H13N5O. The molecule has 0 bridgehead atoms. The van der Waals surface area contributed by atoms with Crippen molar-refractivity contribution in [2.75, 3.05) is 31.3 Å². The van der Waals surface area contributed by atoms with Crippen molar-refractivity contribution in [2.24, 2.45) is 0 Å². The summed E-state index contributed by atoms with van der Waals surface area (Å²) in [5.41, 5.74) is 5.47. The zero-order valence-corrected chi connectivity index (χ0v) is 8.27. The number of anilines is 2. The summed E-state index contributed by atoms with van der Waals surface area (Å²) < 4.78 is 5.14. The maximum atomic E-state index is 5.47. The Morgan fingerprint density at radius 1 is 1.43 bits per heavy atom. The van der Waals surface area contributed by atoms with Gasteiger partial charge in [0.2, 0.25) is 11.9 Å². The van der Waals surface area contributed by atoms with Gasteiger partial charge in [0.1, 0.15) is 6.61 Å². The highest BCUT2D eigenvalue weighted by Crippen LogP contribution is 2.10. The lowest BCUT2D eigenvalue weighted by atomic mass is 10.7. The Hall–Kier alpha value is -1.85. The Balaban J connectivity index is 2.89. The lowest BCUT2D eigenvalue weighted by Gasteiger charge is -2.10. The van der Waals surface area contributed by atoms with E-state index in [2.05, 4.69) is 21.5 Å². The van der Waals surface area contributed by atoms with Crippen molar-refractivity contribution in [1.29, 1.82) is 0 Å². The Morgan fingerprint density at radius 2 is 2.14 bits per heavy atom. The van der Waals surface area contributed by atoms with Gasteiger partial charge in [-0.05, 0) is 0 Å². The molecule has 0 aromatic carbocycles. The molecule has 6 nitrogen and oxygen atoms in total. The van der Waals surface area contributed by atoms with Crippen LogP contribution in [-0.4, -0.2) is 35.7 Å². The van der Waals surface area contributed by atoms with Crippen LogP contribution < -0.4 is 15.4 Å². The van der Waals surface area contributed by atoms with E-state index < -0.39 is 0 Å². The third-order valence-corrected chi connectivity index (χ3v) is 1.35. The molecular weight excluding hydrogens is 182 g/mol. The second kappa shape index (κ2) is 4.40. The molecule has 76 valence electrons. The first-order chi connectivity index (χ1) is 6.63. The third-order valence-electron chi connectivity index (χ3n) is 1.35. The standard InChI is InChI=1S/C8H13N5O/c1-4-5-14-8-11-6(9)10-7(12-8)13(2)3/h4H,1,5H2,2-3H3,(H2,9,10,11,12). The van der Waals surface area contributed by atoms with E-state index in [1.165, 1.54) is 0 Å². The number of hydrogen-bond acceptors (Lipinski definition) is 6. The van der Waals surface area contributed by atoms with E-state index in [1.807, 2.05) is 14.1 Å². The first kappa shape index (κ1) is 10.2. The molecule has 0 aliphatic rings. The van der Waals surface area contributed by atoms with Gasteiger partial charge in [0.15, 0.2) is 0 Å². The summed E-state index contributed by atoms with van der Waals surface area (Å²) in [5, 5.41) is 0. The van der Waals surface area contributed by atoms with Gasteiger partial charge in [-0.15, -0.1) is 0 Å². The van der Waals surface area contributed by atoms with Crippen LogP contribution in [0.3, 0.4) is 0 Å². The fourth-order valence-electron chi connectivity index (χ4n) is 0.759. The predicted octanol–water partition coefficient (Wildman–Crippen LogP) is 0.0846. The Kier molecular flexibility index (Phi) is 3.22. The summed E-state index contributed by atoms with van der Waals surface area (Å²) in [6.45, 7) is 3.86. The van der Waals surface area contributed by atoms with Gasteiger partial charge in [-0.25, -0.2) is 0 Å². The number of rotatable bonds is 4. The van der Waals surface area contributed by atoms with Gasteiger partial charge in [0.05, 0.1) is 0 Å². The molecule has 6 heteroatoms. The monoisotopic (exact) mass is 195 g/mol. The van der Waals surface area contributed by atoms with E-state index in [9.17, 15) is 0 Å². The fraction of sp³-hybridized carbons (Fsp3) is 0.375. The largest absolute Gasteiger partial charge is 0.459 e. The molecule has 1 aromatic heterocycles. The van der Waals surface area contributed by atoms with Crippen LogP contribution in [0.4, 0.5) is 11.9 Å². The molecule has 0 saturated heterocycles. The zero-order valence-electron chi connectivity index (χ0n) is 8.27. The van der Waals surface area contributed by atoms with Gasteiger partial charge in [-0.1, -0.05) is 12.7 Å². The minimum absolute atomic E-state index is 0.141. The van der Waals surface area contributed by atoms with Crippen molar-refractivity contribution in [2.45, 2.75) is 0 Å². The van der Waals surface area contributed by atoms with Gasteiger partial charge in [-0.2, -0.15) is 15.0 Å². The molecule has 0 unspecified atom stereocenters. The first-order valence-corrected chi connectivity index (χ1v) is 4.06. The molecule has 0 spiro atoms. The van der Waals surface area contributed by atoms with E-state index in [1.54, 1.807) is 11.0 Å². The van der Waals surface area contributed by atoms with E-state index in [4.69, 9.17) is 10.5 Å². The number of ether oxygens (including phenoxy) is 1. The smallest absolute Gasteiger partial charge is 0.323 e. The van der Waals surface area contributed by atoms with Crippen LogP contribution >= 0.6 is 0 Å². The van der Waals surface area contributed by atoms with Crippen LogP contribution in [0.1, 0.15) is 0 Å². The van der Waals surface area contributed by atoms with Gasteiger partial charge >= 0.3 is 6.01 Å². The van der Waals surface area contributed by atoms with Crippen molar-refractivity contribution in [3.05, 3.63) is 12.7 Å². The molecule has 1 rings (SSSR count). The van der Waals surface area contributed by atoms with Gasteiger partial charge < -0.3 is 15.4 Å². The van der Waals surface area contributed by atoms with Crippen LogP contribution in [0.5, 0.6) is 6.01 Å². The normalized spacial score (nSPS) is 9.57. The Morgan fingerprint density at radius 3 is 2.71 bits per heavy atom. The van der Waals surface area contributed by atoms with E-state index in [-0.39, 0.29) is 12.0 Å². The molecule has 0 saturated carbocycles. The van der Waals surface area contributed by atoms with E-state index in [0.717, 1.165) is 0 Å². The average molecular weight is 195 g/mol. The Bertz CT molecular complexity index is 326. The topological polar surface area (TPSA) is 77.2 Å². The number of hydrogen-bond donors (Lipinski definition) is 1. The molecule has 0 fully saturated rings. The summed E-state index contributed by atoms with van der Waals surface area (Å²) in [6.07, 6.45) is 1.61. The van der Waals surface area contributed by atoms with Crippen LogP contribution in [-0.2, 0) is 0 Å². The highest BCUT2D eigenvalue weighted by atomic mass is 16.5. The van der Waals surface area contributed by atoms with Crippen molar-refractivity contribution >= 4 is 11.9 Å². The highest BCUT2D eigenvalue weighted by molar-refractivity contribution is 5.33. The zero-order chi connectivity index (χ0) is 10.6. The molecule has 0 atom stereocenters. The quantitative estimate of drug-likeness (QED) is 0.686. The molecule has 0 amide bonds. The van der Waals surface area contributed by atoms with E-state index >= 15 is 0 Å². The van der Waals surface area contributed by atoms with Crippen LogP contribution in [0.2, 0.25) is 0 Å². The molecule has 1 heterocycles. The SMILES string of the molecule is C=CCOc1nc(N)nc(N(C)C)n1. The minimum Gasteiger partial charge on any atom is -0.459 e. The van der Waals surface area contributed by atoms with Crippen molar-refractivity contribution in [1.82, 2.24) is 15.0 Å². The average Bonchev–Trinajstić information content (AvgIpc) is 2.14.